The predicted octanol–water partition coefficient (Wildman–Crippen LogP) is 3.43. The molecule has 2 amide bonds. The van der Waals surface area contributed by atoms with Crippen LogP contribution in [-0.4, -0.2) is 18.4 Å². The van der Waals surface area contributed by atoms with E-state index in [9.17, 15) is 14.0 Å². The Morgan fingerprint density at radius 3 is 2.54 bits per heavy atom. The first-order valence-electron chi connectivity index (χ1n) is 7.91. The molecule has 1 saturated heterocycles. The second-order valence-corrected chi connectivity index (χ2v) is 6.12. The molecule has 0 radical (unpaired) electrons. The highest BCUT2D eigenvalue weighted by Gasteiger charge is 2.38. The SMILES string of the molecule is Cc1ccc(NC(=O)C2CCN(c3ccc(F)cc3C)C2=O)cc1. The molecule has 3 rings (SSSR count). The smallest absolute Gasteiger partial charge is 0.239 e. The molecule has 1 aliphatic rings. The number of carbonyl (C=O) groups is 2. The Balaban J connectivity index is 1.73. The van der Waals surface area contributed by atoms with Crippen LogP contribution in [0.4, 0.5) is 15.8 Å². The lowest BCUT2D eigenvalue weighted by Crippen LogP contribution is -2.33. The Morgan fingerprint density at radius 2 is 1.88 bits per heavy atom. The van der Waals surface area contributed by atoms with Gasteiger partial charge in [-0.15, -0.1) is 0 Å². The van der Waals surface area contributed by atoms with E-state index >= 15 is 0 Å². The van der Waals surface area contributed by atoms with E-state index in [1.165, 1.54) is 12.1 Å². The average molecular weight is 326 g/mol. The number of halogens is 1. The average Bonchev–Trinajstić information content (AvgIpc) is 2.91. The van der Waals surface area contributed by atoms with Crippen molar-refractivity contribution >= 4 is 23.2 Å². The maximum Gasteiger partial charge on any atom is 0.239 e. The molecule has 1 unspecified atom stereocenters. The molecule has 0 aromatic heterocycles. The molecule has 2 aromatic carbocycles. The molecule has 24 heavy (non-hydrogen) atoms. The topological polar surface area (TPSA) is 49.4 Å². The highest BCUT2D eigenvalue weighted by atomic mass is 19.1. The summed E-state index contributed by atoms with van der Waals surface area (Å²) < 4.78 is 13.2. The van der Waals surface area contributed by atoms with Crippen LogP contribution >= 0.6 is 0 Å². The number of nitrogens with zero attached hydrogens (tertiary/aromatic N) is 1. The molecule has 124 valence electrons. The predicted molar refractivity (Wildman–Crippen MR) is 91.4 cm³/mol. The normalized spacial score (nSPS) is 17.2. The minimum absolute atomic E-state index is 0.241. The summed E-state index contributed by atoms with van der Waals surface area (Å²) >= 11 is 0. The Kier molecular flexibility index (Phi) is 4.34. The van der Waals surface area contributed by atoms with Crippen LogP contribution in [0.3, 0.4) is 0 Å². The van der Waals surface area contributed by atoms with Crippen LogP contribution in [0.25, 0.3) is 0 Å². The van der Waals surface area contributed by atoms with Gasteiger partial charge in [-0.25, -0.2) is 4.39 Å². The number of aryl methyl sites for hydroxylation is 2. The largest absolute Gasteiger partial charge is 0.325 e. The minimum atomic E-state index is -0.712. The van der Waals surface area contributed by atoms with Crippen molar-refractivity contribution in [3.8, 4) is 0 Å². The summed E-state index contributed by atoms with van der Waals surface area (Å²) in [5.74, 6) is -1.59. The monoisotopic (exact) mass is 326 g/mol. The summed E-state index contributed by atoms with van der Waals surface area (Å²) in [5.41, 5.74) is 3.12. The first-order valence-corrected chi connectivity index (χ1v) is 7.91. The summed E-state index contributed by atoms with van der Waals surface area (Å²) in [5, 5.41) is 2.79. The molecular weight excluding hydrogens is 307 g/mol. The zero-order valence-corrected chi connectivity index (χ0v) is 13.7. The van der Waals surface area contributed by atoms with E-state index < -0.39 is 5.92 Å². The van der Waals surface area contributed by atoms with Gasteiger partial charge in [0.2, 0.25) is 11.8 Å². The Bertz CT molecular complexity index is 786. The van der Waals surface area contributed by atoms with E-state index in [4.69, 9.17) is 0 Å². The van der Waals surface area contributed by atoms with Crippen molar-refractivity contribution in [3.05, 3.63) is 59.4 Å². The fourth-order valence-electron chi connectivity index (χ4n) is 2.95. The van der Waals surface area contributed by atoms with Crippen LogP contribution in [0, 0.1) is 25.6 Å². The fraction of sp³-hybridized carbons (Fsp3) is 0.263. The first kappa shape index (κ1) is 16.2. The number of hydrogen-bond donors (Lipinski definition) is 1. The summed E-state index contributed by atoms with van der Waals surface area (Å²) in [4.78, 5) is 26.6. The minimum Gasteiger partial charge on any atom is -0.325 e. The Hall–Kier alpha value is -2.69. The Morgan fingerprint density at radius 1 is 1.17 bits per heavy atom. The van der Waals surface area contributed by atoms with Crippen molar-refractivity contribution in [1.82, 2.24) is 0 Å². The van der Waals surface area contributed by atoms with Gasteiger partial charge >= 0.3 is 0 Å². The van der Waals surface area contributed by atoms with Gasteiger partial charge in [0.05, 0.1) is 0 Å². The number of anilines is 2. The van der Waals surface area contributed by atoms with Crippen LogP contribution in [0.2, 0.25) is 0 Å². The third kappa shape index (κ3) is 3.15. The number of rotatable bonds is 3. The standard InChI is InChI=1S/C19H19FN2O2/c1-12-3-6-15(7-4-12)21-18(23)16-9-10-22(19(16)24)17-8-5-14(20)11-13(17)2/h3-8,11,16H,9-10H2,1-2H3,(H,21,23). The van der Waals surface area contributed by atoms with Crippen LogP contribution in [0.1, 0.15) is 17.5 Å². The van der Waals surface area contributed by atoms with Crippen molar-refractivity contribution in [2.45, 2.75) is 20.3 Å². The molecule has 1 aliphatic heterocycles. The van der Waals surface area contributed by atoms with Crippen LogP contribution < -0.4 is 10.2 Å². The molecule has 4 nitrogen and oxygen atoms in total. The van der Waals surface area contributed by atoms with Gasteiger partial charge in [-0.1, -0.05) is 17.7 Å². The second-order valence-electron chi connectivity index (χ2n) is 6.12. The van der Waals surface area contributed by atoms with E-state index in [2.05, 4.69) is 5.32 Å². The van der Waals surface area contributed by atoms with Crippen LogP contribution in [0.15, 0.2) is 42.5 Å². The van der Waals surface area contributed by atoms with Crippen molar-refractivity contribution in [2.24, 2.45) is 5.92 Å². The zero-order valence-electron chi connectivity index (χ0n) is 13.7. The fourth-order valence-corrected chi connectivity index (χ4v) is 2.95. The third-order valence-electron chi connectivity index (χ3n) is 4.29. The number of benzene rings is 2. The van der Waals surface area contributed by atoms with Crippen molar-refractivity contribution in [2.75, 3.05) is 16.8 Å². The van der Waals surface area contributed by atoms with E-state index in [0.717, 1.165) is 5.56 Å². The van der Waals surface area contributed by atoms with E-state index in [-0.39, 0.29) is 17.6 Å². The van der Waals surface area contributed by atoms with E-state index in [1.54, 1.807) is 17.9 Å². The lowest BCUT2D eigenvalue weighted by molar-refractivity contribution is -0.129. The second kappa shape index (κ2) is 6.43. The van der Waals surface area contributed by atoms with Crippen LogP contribution in [-0.2, 0) is 9.59 Å². The van der Waals surface area contributed by atoms with Gasteiger partial charge in [0, 0.05) is 17.9 Å². The molecular formula is C19H19FN2O2. The van der Waals surface area contributed by atoms with Gasteiger partial charge in [-0.05, 0) is 56.2 Å². The summed E-state index contributed by atoms with van der Waals surface area (Å²) in [6.07, 6.45) is 0.452. The highest BCUT2D eigenvalue weighted by molar-refractivity contribution is 6.13. The first-order chi connectivity index (χ1) is 11.5. The number of nitrogens with one attached hydrogen (secondary N) is 1. The molecule has 0 saturated carbocycles. The number of carbonyl (C=O) groups excluding carboxylic acids is 2. The lowest BCUT2D eigenvalue weighted by atomic mass is 10.1. The quantitative estimate of drug-likeness (QED) is 0.879. The zero-order chi connectivity index (χ0) is 17.3. The van der Waals surface area contributed by atoms with Gasteiger partial charge in [0.25, 0.3) is 0 Å². The Labute approximate surface area is 140 Å². The third-order valence-corrected chi connectivity index (χ3v) is 4.29. The molecule has 0 spiro atoms. The summed E-state index contributed by atoms with van der Waals surface area (Å²) in [7, 11) is 0. The molecule has 0 bridgehead atoms. The van der Waals surface area contributed by atoms with Crippen LogP contribution in [0.5, 0.6) is 0 Å². The van der Waals surface area contributed by atoms with E-state index in [1.807, 2.05) is 31.2 Å². The molecule has 2 aromatic rings. The molecule has 1 N–H and O–H groups in total. The van der Waals surface area contributed by atoms with Gasteiger partial charge in [-0.3, -0.25) is 9.59 Å². The van der Waals surface area contributed by atoms with Crippen molar-refractivity contribution < 1.29 is 14.0 Å². The van der Waals surface area contributed by atoms with Gasteiger partial charge in [0.15, 0.2) is 0 Å². The molecule has 0 aliphatic carbocycles. The van der Waals surface area contributed by atoms with E-state index in [0.29, 0.717) is 29.9 Å². The maximum absolute atomic E-state index is 13.2. The molecule has 5 heteroatoms. The summed E-state index contributed by atoms with van der Waals surface area (Å²) in [6, 6.07) is 11.7. The van der Waals surface area contributed by atoms with Gasteiger partial charge in [-0.2, -0.15) is 0 Å². The van der Waals surface area contributed by atoms with Crippen molar-refractivity contribution in [3.63, 3.8) is 0 Å². The molecule has 1 heterocycles. The highest BCUT2D eigenvalue weighted by Crippen LogP contribution is 2.29. The van der Waals surface area contributed by atoms with Gasteiger partial charge < -0.3 is 10.2 Å². The maximum atomic E-state index is 13.2. The lowest BCUT2D eigenvalue weighted by Gasteiger charge is -2.19. The molecule has 1 atom stereocenters. The molecule has 1 fully saturated rings. The number of hydrogen-bond acceptors (Lipinski definition) is 2. The van der Waals surface area contributed by atoms with Crippen molar-refractivity contribution in [1.29, 1.82) is 0 Å². The number of amides is 2. The summed E-state index contributed by atoms with van der Waals surface area (Å²) in [6.45, 7) is 4.18. The van der Waals surface area contributed by atoms with Gasteiger partial charge in [0.1, 0.15) is 11.7 Å².